The van der Waals surface area contributed by atoms with Crippen molar-refractivity contribution in [2.75, 3.05) is 6.54 Å². The molecule has 0 amide bonds. The summed E-state index contributed by atoms with van der Waals surface area (Å²) in [5, 5.41) is 13.0. The van der Waals surface area contributed by atoms with E-state index in [1.807, 2.05) is 0 Å². The first-order chi connectivity index (χ1) is 7.69. The number of nitrogens with one attached hydrogen (secondary N) is 1. The van der Waals surface area contributed by atoms with Crippen molar-refractivity contribution in [3.8, 4) is 0 Å². The molecule has 1 aliphatic carbocycles. The maximum Gasteiger partial charge on any atom is 0.311 e. The summed E-state index contributed by atoms with van der Waals surface area (Å²) in [6, 6.07) is 0.229. The SMILES string of the molecule is CCCCCC1(C(=O)O)CC2CCC1NC2. The van der Waals surface area contributed by atoms with E-state index in [-0.39, 0.29) is 6.04 Å². The van der Waals surface area contributed by atoms with Crippen molar-refractivity contribution in [2.45, 2.75) is 57.9 Å². The molecule has 3 rings (SSSR count). The molecule has 3 fully saturated rings. The van der Waals surface area contributed by atoms with Gasteiger partial charge in [0.15, 0.2) is 0 Å². The minimum atomic E-state index is -0.564. The zero-order chi connectivity index (χ0) is 11.6. The fraction of sp³-hybridized carbons (Fsp3) is 0.923. The number of carboxylic acids is 1. The van der Waals surface area contributed by atoms with Crippen LogP contribution in [0.5, 0.6) is 0 Å². The van der Waals surface area contributed by atoms with E-state index in [4.69, 9.17) is 0 Å². The van der Waals surface area contributed by atoms with Crippen molar-refractivity contribution in [2.24, 2.45) is 11.3 Å². The van der Waals surface area contributed by atoms with E-state index in [9.17, 15) is 9.90 Å². The molecule has 0 aromatic rings. The van der Waals surface area contributed by atoms with Crippen molar-refractivity contribution in [1.29, 1.82) is 0 Å². The Kier molecular flexibility index (Phi) is 3.53. The predicted molar refractivity (Wildman–Crippen MR) is 63.3 cm³/mol. The first-order valence-corrected chi connectivity index (χ1v) is 6.66. The lowest BCUT2D eigenvalue weighted by Crippen LogP contribution is -2.60. The van der Waals surface area contributed by atoms with Gasteiger partial charge in [-0.3, -0.25) is 4.79 Å². The molecule has 16 heavy (non-hydrogen) atoms. The minimum absolute atomic E-state index is 0.229. The quantitative estimate of drug-likeness (QED) is 0.706. The van der Waals surface area contributed by atoms with Gasteiger partial charge in [0.1, 0.15) is 0 Å². The topological polar surface area (TPSA) is 49.3 Å². The second-order valence-electron chi connectivity index (χ2n) is 5.53. The highest BCUT2D eigenvalue weighted by atomic mass is 16.4. The molecule has 0 spiro atoms. The van der Waals surface area contributed by atoms with Crippen LogP contribution in [-0.2, 0) is 4.79 Å². The molecule has 3 heteroatoms. The lowest BCUT2D eigenvalue weighted by molar-refractivity contribution is -0.157. The molecule has 0 aromatic heterocycles. The lowest BCUT2D eigenvalue weighted by atomic mass is 9.61. The Morgan fingerprint density at radius 3 is 2.69 bits per heavy atom. The summed E-state index contributed by atoms with van der Waals surface area (Å²) in [6.07, 6.45) is 7.44. The number of fused-ring (bicyclic) bond motifs is 3. The average molecular weight is 225 g/mol. The molecule has 2 bridgehead atoms. The third kappa shape index (κ3) is 1.97. The summed E-state index contributed by atoms with van der Waals surface area (Å²) in [4.78, 5) is 11.6. The van der Waals surface area contributed by atoms with Crippen LogP contribution in [0.4, 0.5) is 0 Å². The average Bonchev–Trinajstić information content (AvgIpc) is 2.30. The second-order valence-corrected chi connectivity index (χ2v) is 5.53. The standard InChI is InChI=1S/C13H23NO2/c1-2-3-4-7-13(12(15)16)8-10-5-6-11(13)14-9-10/h10-11,14H,2-9H2,1H3,(H,15,16). The number of carboxylic acid groups (broad SMARTS) is 1. The number of carbonyl (C=O) groups is 1. The first-order valence-electron chi connectivity index (χ1n) is 6.66. The van der Waals surface area contributed by atoms with Crippen LogP contribution < -0.4 is 5.32 Å². The molecule has 0 aromatic carbocycles. The number of unbranched alkanes of at least 4 members (excludes halogenated alkanes) is 2. The molecular weight excluding hydrogens is 202 g/mol. The molecule has 0 radical (unpaired) electrons. The van der Waals surface area contributed by atoms with Gasteiger partial charge in [0.05, 0.1) is 5.41 Å². The molecular formula is C13H23NO2. The molecule has 3 nitrogen and oxygen atoms in total. The van der Waals surface area contributed by atoms with Gasteiger partial charge in [0.25, 0.3) is 0 Å². The Hall–Kier alpha value is -0.570. The van der Waals surface area contributed by atoms with Gasteiger partial charge >= 0.3 is 5.97 Å². The monoisotopic (exact) mass is 225 g/mol. The van der Waals surface area contributed by atoms with Crippen LogP contribution in [0.3, 0.4) is 0 Å². The maximum atomic E-state index is 11.6. The normalized spacial score (nSPS) is 37.6. The van der Waals surface area contributed by atoms with Crippen LogP contribution in [0, 0.1) is 11.3 Å². The zero-order valence-electron chi connectivity index (χ0n) is 10.2. The van der Waals surface area contributed by atoms with E-state index in [0.29, 0.717) is 5.92 Å². The van der Waals surface area contributed by atoms with Gasteiger partial charge in [0.2, 0.25) is 0 Å². The number of aliphatic carboxylic acids is 1. The van der Waals surface area contributed by atoms with Crippen molar-refractivity contribution in [3.63, 3.8) is 0 Å². The van der Waals surface area contributed by atoms with Gasteiger partial charge in [-0.15, -0.1) is 0 Å². The van der Waals surface area contributed by atoms with Gasteiger partial charge in [-0.2, -0.15) is 0 Å². The molecule has 92 valence electrons. The third-order valence-corrected chi connectivity index (χ3v) is 4.49. The molecule has 2 aliphatic heterocycles. The van der Waals surface area contributed by atoms with Crippen molar-refractivity contribution >= 4 is 5.97 Å². The number of rotatable bonds is 5. The van der Waals surface area contributed by atoms with E-state index in [1.165, 1.54) is 6.42 Å². The van der Waals surface area contributed by atoms with Gasteiger partial charge in [-0.05, 0) is 38.1 Å². The van der Waals surface area contributed by atoms with Crippen LogP contribution >= 0.6 is 0 Å². The van der Waals surface area contributed by atoms with Crippen molar-refractivity contribution < 1.29 is 9.90 Å². The van der Waals surface area contributed by atoms with Crippen LogP contribution in [0.2, 0.25) is 0 Å². The van der Waals surface area contributed by atoms with E-state index >= 15 is 0 Å². The lowest BCUT2D eigenvalue weighted by Gasteiger charge is -2.50. The molecule has 2 saturated heterocycles. The number of hydrogen-bond donors (Lipinski definition) is 2. The Bertz CT molecular complexity index is 259. The highest BCUT2D eigenvalue weighted by Crippen LogP contribution is 2.46. The fourth-order valence-electron chi connectivity index (χ4n) is 3.53. The summed E-state index contributed by atoms with van der Waals surface area (Å²) in [5.74, 6) is 0.0354. The van der Waals surface area contributed by atoms with E-state index < -0.39 is 11.4 Å². The second kappa shape index (κ2) is 4.74. The molecule has 3 unspecified atom stereocenters. The zero-order valence-corrected chi connectivity index (χ0v) is 10.2. The summed E-state index contributed by atoms with van der Waals surface area (Å²) >= 11 is 0. The first kappa shape index (κ1) is 11.9. The summed E-state index contributed by atoms with van der Waals surface area (Å²) in [7, 11) is 0. The Morgan fingerprint density at radius 1 is 1.44 bits per heavy atom. The van der Waals surface area contributed by atoms with Crippen LogP contribution in [0.15, 0.2) is 0 Å². The van der Waals surface area contributed by atoms with Gasteiger partial charge in [0, 0.05) is 6.04 Å². The van der Waals surface area contributed by atoms with Gasteiger partial charge in [-0.1, -0.05) is 26.2 Å². The van der Waals surface area contributed by atoms with Gasteiger partial charge < -0.3 is 10.4 Å². The van der Waals surface area contributed by atoms with E-state index in [0.717, 1.165) is 45.1 Å². The highest BCUT2D eigenvalue weighted by Gasteiger charge is 2.51. The highest BCUT2D eigenvalue weighted by molar-refractivity contribution is 5.76. The Balaban J connectivity index is 2.06. The number of piperidine rings is 2. The molecule has 3 aliphatic rings. The minimum Gasteiger partial charge on any atom is -0.481 e. The predicted octanol–water partition coefficient (Wildman–Crippen LogP) is 2.41. The summed E-state index contributed by atoms with van der Waals surface area (Å²) in [6.45, 7) is 3.20. The van der Waals surface area contributed by atoms with E-state index in [1.54, 1.807) is 0 Å². The van der Waals surface area contributed by atoms with Crippen LogP contribution in [0.1, 0.15) is 51.9 Å². The Morgan fingerprint density at radius 2 is 2.25 bits per heavy atom. The summed E-state index contributed by atoms with van der Waals surface area (Å²) < 4.78 is 0. The smallest absolute Gasteiger partial charge is 0.311 e. The summed E-state index contributed by atoms with van der Waals surface area (Å²) in [5.41, 5.74) is -0.448. The largest absolute Gasteiger partial charge is 0.481 e. The van der Waals surface area contributed by atoms with Crippen LogP contribution in [0.25, 0.3) is 0 Å². The van der Waals surface area contributed by atoms with Crippen LogP contribution in [-0.4, -0.2) is 23.7 Å². The fourth-order valence-corrected chi connectivity index (χ4v) is 3.53. The molecule has 2 N–H and O–H groups in total. The Labute approximate surface area is 97.6 Å². The molecule has 3 atom stereocenters. The van der Waals surface area contributed by atoms with Crippen molar-refractivity contribution in [1.82, 2.24) is 5.32 Å². The molecule has 2 heterocycles. The maximum absolute atomic E-state index is 11.6. The van der Waals surface area contributed by atoms with E-state index in [2.05, 4.69) is 12.2 Å². The van der Waals surface area contributed by atoms with Crippen molar-refractivity contribution in [3.05, 3.63) is 0 Å². The molecule has 1 saturated carbocycles. The third-order valence-electron chi connectivity index (χ3n) is 4.49. The van der Waals surface area contributed by atoms with Gasteiger partial charge in [-0.25, -0.2) is 0 Å². The number of hydrogen-bond acceptors (Lipinski definition) is 2.